The fourth-order valence-corrected chi connectivity index (χ4v) is 1.02. The third kappa shape index (κ3) is 2.40. The van der Waals surface area contributed by atoms with Crippen LogP contribution in [0.1, 0.15) is 5.56 Å². The Morgan fingerprint density at radius 3 is 2.56 bits per heavy atom. The van der Waals surface area contributed by atoms with Crippen LogP contribution in [0.5, 0.6) is 0 Å². The number of benzene rings is 1. The number of nitro groups is 1. The van der Waals surface area contributed by atoms with E-state index >= 15 is 0 Å². The lowest BCUT2D eigenvalue weighted by Crippen LogP contribution is -1.92. The number of nitro benzene ring substituents is 1. The van der Waals surface area contributed by atoms with Gasteiger partial charge >= 0.3 is 5.69 Å². The zero-order chi connectivity index (χ0) is 12.1. The molecule has 16 heavy (non-hydrogen) atoms. The van der Waals surface area contributed by atoms with Gasteiger partial charge in [-0.1, -0.05) is 6.07 Å². The first-order valence-corrected chi connectivity index (χ1v) is 4.04. The van der Waals surface area contributed by atoms with Crippen LogP contribution in [0.2, 0.25) is 0 Å². The van der Waals surface area contributed by atoms with Crippen molar-refractivity contribution in [3.05, 3.63) is 45.3 Å². The van der Waals surface area contributed by atoms with Crippen molar-refractivity contribution in [1.29, 1.82) is 10.5 Å². The van der Waals surface area contributed by atoms with Gasteiger partial charge in [0.25, 0.3) is 0 Å². The van der Waals surface area contributed by atoms with Gasteiger partial charge in [0.2, 0.25) is 5.82 Å². The molecule has 0 spiro atoms. The summed E-state index contributed by atoms with van der Waals surface area (Å²) in [4.78, 5) is 9.54. The smallest absolute Gasteiger partial charge is 0.258 e. The van der Waals surface area contributed by atoms with Gasteiger partial charge in [0.05, 0.1) is 4.92 Å². The van der Waals surface area contributed by atoms with Crippen molar-refractivity contribution in [2.24, 2.45) is 0 Å². The van der Waals surface area contributed by atoms with Gasteiger partial charge in [-0.3, -0.25) is 10.1 Å². The largest absolute Gasteiger partial charge is 0.305 e. The maximum Gasteiger partial charge on any atom is 0.305 e. The van der Waals surface area contributed by atoms with Crippen molar-refractivity contribution < 1.29 is 9.31 Å². The first-order chi connectivity index (χ1) is 7.58. The van der Waals surface area contributed by atoms with Gasteiger partial charge in [-0.15, -0.1) is 0 Å². The van der Waals surface area contributed by atoms with Crippen LogP contribution in [0.4, 0.5) is 10.1 Å². The van der Waals surface area contributed by atoms with Crippen LogP contribution in [0, 0.1) is 38.6 Å². The molecule has 0 atom stereocenters. The average Bonchev–Trinajstić information content (AvgIpc) is 2.27. The molecule has 0 saturated carbocycles. The predicted octanol–water partition coefficient (Wildman–Crippen LogP) is 2.16. The van der Waals surface area contributed by atoms with E-state index in [9.17, 15) is 14.5 Å². The van der Waals surface area contributed by atoms with Gasteiger partial charge in [-0.2, -0.15) is 14.9 Å². The molecule has 0 aromatic heterocycles. The minimum Gasteiger partial charge on any atom is -0.258 e. The molecule has 0 aliphatic heterocycles. The van der Waals surface area contributed by atoms with Gasteiger partial charge < -0.3 is 0 Å². The van der Waals surface area contributed by atoms with Crippen molar-refractivity contribution in [1.82, 2.24) is 0 Å². The van der Waals surface area contributed by atoms with Crippen LogP contribution in [0.25, 0.3) is 6.08 Å². The van der Waals surface area contributed by atoms with E-state index in [4.69, 9.17) is 10.5 Å². The van der Waals surface area contributed by atoms with E-state index in [-0.39, 0.29) is 11.1 Å². The van der Waals surface area contributed by atoms with E-state index in [0.29, 0.717) is 0 Å². The molecule has 1 rings (SSSR count). The molecule has 0 radical (unpaired) electrons. The van der Waals surface area contributed by atoms with Crippen molar-refractivity contribution in [3.63, 3.8) is 0 Å². The summed E-state index contributed by atoms with van der Waals surface area (Å²) in [5, 5.41) is 27.4. The summed E-state index contributed by atoms with van der Waals surface area (Å²) >= 11 is 0. The van der Waals surface area contributed by atoms with Gasteiger partial charge in [-0.25, -0.2) is 0 Å². The summed E-state index contributed by atoms with van der Waals surface area (Å²) in [6.45, 7) is 0. The fourth-order valence-electron chi connectivity index (χ4n) is 1.02. The Morgan fingerprint density at radius 2 is 2.06 bits per heavy atom. The maximum absolute atomic E-state index is 12.9. The summed E-state index contributed by atoms with van der Waals surface area (Å²) in [7, 11) is 0. The summed E-state index contributed by atoms with van der Waals surface area (Å²) in [5.41, 5.74) is -0.670. The molecule has 0 bridgehead atoms. The first-order valence-electron chi connectivity index (χ1n) is 4.04. The molecule has 0 aliphatic carbocycles. The second kappa shape index (κ2) is 4.67. The molecule has 0 fully saturated rings. The SMILES string of the molecule is N#CC(C#N)=Cc1ccc(F)c([N+](=O)[O-])c1. The lowest BCUT2D eigenvalue weighted by Gasteiger charge is -1.95. The molecule has 5 nitrogen and oxygen atoms in total. The third-order valence-corrected chi connectivity index (χ3v) is 1.72. The number of halogens is 1. The highest BCUT2D eigenvalue weighted by Gasteiger charge is 2.13. The standard InChI is InChI=1S/C10H4FN3O2/c11-9-2-1-7(3-8(5-12)6-13)4-10(9)14(15)16/h1-4H. The van der Waals surface area contributed by atoms with Crippen molar-refractivity contribution in [2.45, 2.75) is 0 Å². The Bertz CT molecular complexity index is 536. The quantitative estimate of drug-likeness (QED) is 0.431. The molecular weight excluding hydrogens is 213 g/mol. The molecule has 78 valence electrons. The number of hydrogen-bond acceptors (Lipinski definition) is 4. The number of hydrogen-bond donors (Lipinski definition) is 0. The highest BCUT2D eigenvalue weighted by molar-refractivity contribution is 5.63. The van der Waals surface area contributed by atoms with Crippen LogP contribution >= 0.6 is 0 Å². The minimum atomic E-state index is -0.961. The Kier molecular flexibility index (Phi) is 3.31. The van der Waals surface area contributed by atoms with Gasteiger partial charge in [0, 0.05) is 6.07 Å². The molecule has 1 aromatic rings. The fraction of sp³-hybridized carbons (Fsp3) is 0. The first kappa shape index (κ1) is 11.3. The molecule has 0 unspecified atom stereocenters. The van der Waals surface area contributed by atoms with Crippen molar-refractivity contribution in [2.75, 3.05) is 0 Å². The predicted molar refractivity (Wildman–Crippen MR) is 52.3 cm³/mol. The summed E-state index contributed by atoms with van der Waals surface area (Å²) in [6.07, 6.45) is 1.15. The van der Waals surface area contributed by atoms with Crippen LogP contribution < -0.4 is 0 Å². The monoisotopic (exact) mass is 217 g/mol. The minimum absolute atomic E-state index is 0.207. The summed E-state index contributed by atoms with van der Waals surface area (Å²) in [5.74, 6) is -0.961. The van der Waals surface area contributed by atoms with Crippen LogP contribution in [-0.2, 0) is 0 Å². The van der Waals surface area contributed by atoms with E-state index in [1.54, 1.807) is 12.1 Å². The molecule has 0 aliphatic rings. The van der Waals surface area contributed by atoms with E-state index in [0.717, 1.165) is 18.2 Å². The number of rotatable bonds is 2. The third-order valence-electron chi connectivity index (χ3n) is 1.72. The Labute approximate surface area is 89.8 Å². The van der Waals surface area contributed by atoms with E-state index in [1.165, 1.54) is 6.07 Å². The molecule has 6 heteroatoms. The molecule has 1 aromatic carbocycles. The van der Waals surface area contributed by atoms with E-state index in [1.807, 2.05) is 0 Å². The maximum atomic E-state index is 12.9. The molecule has 0 heterocycles. The molecule has 0 saturated heterocycles. The zero-order valence-corrected chi connectivity index (χ0v) is 7.85. The Hall–Kier alpha value is -2.73. The number of nitrogens with zero attached hydrogens (tertiary/aromatic N) is 3. The zero-order valence-electron chi connectivity index (χ0n) is 7.85. The van der Waals surface area contributed by atoms with Crippen LogP contribution in [0.15, 0.2) is 23.8 Å². The van der Waals surface area contributed by atoms with Crippen LogP contribution in [-0.4, -0.2) is 4.92 Å². The van der Waals surface area contributed by atoms with Gasteiger partial charge in [0.1, 0.15) is 17.7 Å². The van der Waals surface area contributed by atoms with Gasteiger partial charge in [0.15, 0.2) is 0 Å². The summed E-state index contributed by atoms with van der Waals surface area (Å²) < 4.78 is 12.9. The van der Waals surface area contributed by atoms with E-state index < -0.39 is 16.4 Å². The van der Waals surface area contributed by atoms with E-state index in [2.05, 4.69) is 0 Å². The number of allylic oxidation sites excluding steroid dienone is 1. The average molecular weight is 217 g/mol. The normalized spacial score (nSPS) is 8.69. The highest BCUT2D eigenvalue weighted by Crippen LogP contribution is 2.19. The second-order valence-corrected chi connectivity index (χ2v) is 2.75. The van der Waals surface area contributed by atoms with Gasteiger partial charge in [-0.05, 0) is 17.7 Å². The topological polar surface area (TPSA) is 90.7 Å². The second-order valence-electron chi connectivity index (χ2n) is 2.75. The lowest BCUT2D eigenvalue weighted by molar-refractivity contribution is -0.387. The lowest BCUT2D eigenvalue weighted by atomic mass is 10.1. The number of nitriles is 2. The molecule has 0 amide bonds. The molecule has 0 N–H and O–H groups in total. The van der Waals surface area contributed by atoms with Crippen LogP contribution in [0.3, 0.4) is 0 Å². The van der Waals surface area contributed by atoms with Crippen molar-refractivity contribution >= 4 is 11.8 Å². The van der Waals surface area contributed by atoms with Crippen molar-refractivity contribution in [3.8, 4) is 12.1 Å². The Morgan fingerprint density at radius 1 is 1.44 bits per heavy atom. The molecular formula is C10H4FN3O2. The summed E-state index contributed by atoms with van der Waals surface area (Å²) in [6, 6.07) is 6.32. The highest BCUT2D eigenvalue weighted by atomic mass is 19.1. The Balaban J connectivity index is 3.26.